The summed E-state index contributed by atoms with van der Waals surface area (Å²) in [4.78, 5) is 16.8. The molecule has 0 aliphatic carbocycles. The number of nitriles is 1. The van der Waals surface area contributed by atoms with Gasteiger partial charge in [-0.25, -0.2) is 12.8 Å². The predicted octanol–water partition coefficient (Wildman–Crippen LogP) is 2.24. The maximum absolute atomic E-state index is 13.5. The van der Waals surface area contributed by atoms with Crippen LogP contribution in [0.15, 0.2) is 53.4 Å². The van der Waals surface area contributed by atoms with Gasteiger partial charge in [0.2, 0.25) is 15.9 Å². The maximum atomic E-state index is 13.5. The van der Waals surface area contributed by atoms with E-state index in [0.717, 1.165) is 24.9 Å². The van der Waals surface area contributed by atoms with Gasteiger partial charge >= 0.3 is 0 Å². The minimum atomic E-state index is -3.79. The molecule has 33 heavy (non-hydrogen) atoms. The second-order valence-electron chi connectivity index (χ2n) is 8.49. The van der Waals surface area contributed by atoms with Crippen molar-refractivity contribution in [1.82, 2.24) is 14.1 Å². The molecular formula is C24H27FN4O3S. The summed E-state index contributed by atoms with van der Waals surface area (Å²) in [5.74, 6) is -0.269. The monoisotopic (exact) mass is 470 g/mol. The molecule has 2 aromatic carbocycles. The zero-order valence-corrected chi connectivity index (χ0v) is 19.2. The SMILES string of the molecule is N#Cc1ccccc1S(=O)(=O)N1CCN(C(=O)CN2CCCC2Cc2cccc(F)c2)CC1. The van der Waals surface area contributed by atoms with E-state index in [1.165, 1.54) is 22.5 Å². The molecule has 2 aliphatic heterocycles. The minimum Gasteiger partial charge on any atom is -0.339 e. The number of amides is 1. The highest BCUT2D eigenvalue weighted by molar-refractivity contribution is 7.89. The molecular weight excluding hydrogens is 443 g/mol. The van der Waals surface area contributed by atoms with Crippen LogP contribution in [0.25, 0.3) is 0 Å². The average molecular weight is 471 g/mol. The molecule has 7 nitrogen and oxygen atoms in total. The summed E-state index contributed by atoms with van der Waals surface area (Å²) in [7, 11) is -3.79. The van der Waals surface area contributed by atoms with Gasteiger partial charge in [0.25, 0.3) is 0 Å². The quantitative estimate of drug-likeness (QED) is 0.647. The Balaban J connectivity index is 1.34. The fourth-order valence-corrected chi connectivity index (χ4v) is 6.21. The van der Waals surface area contributed by atoms with E-state index in [4.69, 9.17) is 0 Å². The number of sulfonamides is 1. The first-order valence-electron chi connectivity index (χ1n) is 11.1. The number of likely N-dealkylation sites (tertiary alicyclic amines) is 1. The van der Waals surface area contributed by atoms with E-state index in [2.05, 4.69) is 4.90 Å². The van der Waals surface area contributed by atoms with E-state index >= 15 is 0 Å². The lowest BCUT2D eigenvalue weighted by molar-refractivity contribution is -0.133. The average Bonchev–Trinajstić information content (AvgIpc) is 3.25. The first-order chi connectivity index (χ1) is 15.9. The van der Waals surface area contributed by atoms with Gasteiger partial charge < -0.3 is 4.90 Å². The summed E-state index contributed by atoms with van der Waals surface area (Å²) in [5.41, 5.74) is 1.05. The van der Waals surface area contributed by atoms with Crippen molar-refractivity contribution in [3.05, 3.63) is 65.5 Å². The Morgan fingerprint density at radius 3 is 2.55 bits per heavy atom. The highest BCUT2D eigenvalue weighted by Gasteiger charge is 2.33. The lowest BCUT2D eigenvalue weighted by Crippen LogP contribution is -2.53. The molecule has 0 bridgehead atoms. The molecule has 0 N–H and O–H groups in total. The Morgan fingerprint density at radius 2 is 1.82 bits per heavy atom. The van der Waals surface area contributed by atoms with Crippen LogP contribution >= 0.6 is 0 Å². The second-order valence-corrected chi connectivity index (χ2v) is 10.4. The van der Waals surface area contributed by atoms with Crippen LogP contribution in [-0.2, 0) is 21.2 Å². The number of benzene rings is 2. The molecule has 2 fully saturated rings. The summed E-state index contributed by atoms with van der Waals surface area (Å²) in [6.45, 7) is 2.13. The van der Waals surface area contributed by atoms with Gasteiger partial charge in [0.05, 0.1) is 17.0 Å². The Labute approximate surface area is 194 Å². The van der Waals surface area contributed by atoms with Gasteiger partial charge in [-0.15, -0.1) is 0 Å². The van der Waals surface area contributed by atoms with Gasteiger partial charge in [-0.05, 0) is 55.6 Å². The summed E-state index contributed by atoms with van der Waals surface area (Å²) < 4.78 is 40.9. The second kappa shape index (κ2) is 10.00. The van der Waals surface area contributed by atoms with Crippen LogP contribution in [0.1, 0.15) is 24.0 Å². The van der Waals surface area contributed by atoms with Crippen molar-refractivity contribution < 1.29 is 17.6 Å². The van der Waals surface area contributed by atoms with E-state index in [0.29, 0.717) is 19.5 Å². The summed E-state index contributed by atoms with van der Waals surface area (Å²) in [6, 6.07) is 14.9. The molecule has 174 valence electrons. The topological polar surface area (TPSA) is 84.7 Å². The molecule has 0 aromatic heterocycles. The molecule has 0 radical (unpaired) electrons. The van der Waals surface area contributed by atoms with Crippen LogP contribution in [0.4, 0.5) is 4.39 Å². The van der Waals surface area contributed by atoms with Gasteiger partial charge in [0.15, 0.2) is 0 Å². The highest BCUT2D eigenvalue weighted by atomic mass is 32.2. The molecule has 1 unspecified atom stereocenters. The largest absolute Gasteiger partial charge is 0.339 e. The van der Waals surface area contributed by atoms with Gasteiger partial charge in [-0.3, -0.25) is 9.69 Å². The van der Waals surface area contributed by atoms with Crippen molar-refractivity contribution in [3.63, 3.8) is 0 Å². The smallest absolute Gasteiger partial charge is 0.244 e. The Bertz CT molecular complexity index is 1160. The number of rotatable bonds is 6. The van der Waals surface area contributed by atoms with Gasteiger partial charge in [0, 0.05) is 32.2 Å². The third-order valence-corrected chi connectivity index (χ3v) is 8.37. The van der Waals surface area contributed by atoms with Crippen LogP contribution in [0.2, 0.25) is 0 Å². The van der Waals surface area contributed by atoms with Gasteiger partial charge in [-0.2, -0.15) is 9.57 Å². The first-order valence-corrected chi connectivity index (χ1v) is 12.6. The molecule has 2 saturated heterocycles. The molecule has 4 rings (SSSR count). The Kier molecular flexibility index (Phi) is 7.08. The van der Waals surface area contributed by atoms with E-state index in [1.807, 2.05) is 12.1 Å². The molecule has 0 saturated carbocycles. The standard InChI is InChI=1S/C24H27FN4O3S/c25-21-7-3-5-19(15-21)16-22-8-4-10-28(22)18-24(30)27-11-13-29(14-12-27)33(31,32)23-9-2-1-6-20(23)17-26/h1-3,5-7,9,15,22H,4,8,10-14,16,18H2. The molecule has 9 heteroatoms. The van der Waals surface area contributed by atoms with Crippen LogP contribution in [-0.4, -0.2) is 73.7 Å². The normalized spacial score (nSPS) is 20.0. The Morgan fingerprint density at radius 1 is 1.06 bits per heavy atom. The predicted molar refractivity (Wildman–Crippen MR) is 121 cm³/mol. The van der Waals surface area contributed by atoms with Crippen LogP contribution in [0, 0.1) is 17.1 Å². The maximum Gasteiger partial charge on any atom is 0.244 e. The zero-order valence-electron chi connectivity index (χ0n) is 18.4. The summed E-state index contributed by atoms with van der Waals surface area (Å²) >= 11 is 0. The third-order valence-electron chi connectivity index (χ3n) is 6.41. The van der Waals surface area contributed by atoms with Crippen molar-refractivity contribution in [1.29, 1.82) is 5.26 Å². The lowest BCUT2D eigenvalue weighted by atomic mass is 10.0. The van der Waals surface area contributed by atoms with Crippen molar-refractivity contribution in [3.8, 4) is 6.07 Å². The minimum absolute atomic E-state index is 0.00420. The van der Waals surface area contributed by atoms with E-state index in [1.54, 1.807) is 29.2 Å². The van der Waals surface area contributed by atoms with E-state index in [-0.39, 0.29) is 47.9 Å². The van der Waals surface area contributed by atoms with Crippen LogP contribution in [0.3, 0.4) is 0 Å². The van der Waals surface area contributed by atoms with Crippen molar-refractivity contribution in [2.45, 2.75) is 30.2 Å². The number of halogens is 1. The number of piperazine rings is 1. The first kappa shape index (κ1) is 23.4. The number of hydrogen-bond donors (Lipinski definition) is 0. The molecule has 2 aliphatic rings. The fraction of sp³-hybridized carbons (Fsp3) is 0.417. The van der Waals surface area contributed by atoms with Crippen LogP contribution < -0.4 is 0 Å². The van der Waals surface area contributed by atoms with E-state index < -0.39 is 10.0 Å². The van der Waals surface area contributed by atoms with Crippen molar-refractivity contribution in [2.24, 2.45) is 0 Å². The fourth-order valence-electron chi connectivity index (χ4n) is 4.65. The highest BCUT2D eigenvalue weighted by Crippen LogP contribution is 2.23. The molecule has 2 aromatic rings. The third kappa shape index (κ3) is 5.24. The summed E-state index contributed by atoms with van der Waals surface area (Å²) in [5, 5.41) is 9.25. The number of carbonyl (C=O) groups is 1. The lowest BCUT2D eigenvalue weighted by Gasteiger charge is -2.35. The van der Waals surface area contributed by atoms with Gasteiger partial charge in [-0.1, -0.05) is 24.3 Å². The van der Waals surface area contributed by atoms with Crippen molar-refractivity contribution in [2.75, 3.05) is 39.3 Å². The number of carbonyl (C=O) groups excluding carboxylic acids is 1. The van der Waals surface area contributed by atoms with Crippen molar-refractivity contribution >= 4 is 15.9 Å². The zero-order chi connectivity index (χ0) is 23.4. The molecule has 1 amide bonds. The summed E-state index contributed by atoms with van der Waals surface area (Å²) in [6.07, 6.45) is 2.67. The molecule has 2 heterocycles. The Hall–Kier alpha value is -2.80. The van der Waals surface area contributed by atoms with Gasteiger partial charge in [0.1, 0.15) is 11.9 Å². The molecule has 0 spiro atoms. The molecule has 1 atom stereocenters. The van der Waals surface area contributed by atoms with E-state index in [9.17, 15) is 22.9 Å². The number of nitrogens with zero attached hydrogens (tertiary/aromatic N) is 4. The number of hydrogen-bond acceptors (Lipinski definition) is 5. The van der Waals surface area contributed by atoms with Crippen LogP contribution in [0.5, 0.6) is 0 Å².